The van der Waals surface area contributed by atoms with Crippen LogP contribution in [0.1, 0.15) is 121 Å². The highest BCUT2D eigenvalue weighted by atomic mass is 35.5. The first kappa shape index (κ1) is 57.6. The average Bonchev–Trinajstić information content (AvgIpc) is 4.04. The van der Waals surface area contributed by atoms with E-state index in [0.29, 0.717) is 34.3 Å². The Morgan fingerprint density at radius 2 is 1.61 bits per heavy atom. The van der Waals surface area contributed by atoms with Crippen LogP contribution in [0.4, 0.5) is 0 Å². The van der Waals surface area contributed by atoms with E-state index in [0.717, 1.165) is 80.1 Å². The third kappa shape index (κ3) is 13.3. The molecular weight excluding hydrogens is 1020 g/mol. The maximum absolute atomic E-state index is 14.4. The molecule has 0 radical (unpaired) electrons. The van der Waals surface area contributed by atoms with Crippen molar-refractivity contribution in [2.24, 2.45) is 16.2 Å². The number of ether oxygens (including phenoxy) is 3. The second-order valence-corrected chi connectivity index (χ2v) is 24.9. The first-order chi connectivity index (χ1) is 36.5. The number of carbonyl (C=O) groups excluding carboxylic acids is 4. The number of carbonyl (C=O) groups is 4. The lowest BCUT2D eigenvalue weighted by Crippen LogP contribution is -2.74. The molecule has 2 aliphatic carbocycles. The fourth-order valence-corrected chi connectivity index (χ4v) is 13.2. The van der Waals surface area contributed by atoms with Crippen molar-refractivity contribution in [1.82, 2.24) is 35.6 Å². The number of aryl methyl sites for hydroxylation is 1. The minimum atomic E-state index is -0.956. The molecule has 414 valence electrons. The first-order valence-electron chi connectivity index (χ1n) is 27.1. The predicted molar refractivity (Wildman–Crippen MR) is 298 cm³/mol. The Morgan fingerprint density at radius 1 is 0.935 bits per heavy atom. The Labute approximate surface area is 463 Å². The molecule has 3 aromatic carbocycles. The number of aliphatic hydroxyl groups excluding tert-OH is 1. The fourth-order valence-electron chi connectivity index (χ4n) is 12.2. The van der Waals surface area contributed by atoms with Crippen LogP contribution in [-0.4, -0.2) is 143 Å². The summed E-state index contributed by atoms with van der Waals surface area (Å²) < 4.78 is 18.9. The molecule has 1 aromatic heterocycles. The number of likely N-dealkylation sites (tertiary alicyclic amines) is 1. The lowest BCUT2D eigenvalue weighted by atomic mass is 9.49. The topological polar surface area (TPSA) is 199 Å². The molecular formula is C59H77ClN8O8S. The Kier molecular flexibility index (Phi) is 18.1. The summed E-state index contributed by atoms with van der Waals surface area (Å²) in [6.45, 7) is 22.3. The summed E-state index contributed by atoms with van der Waals surface area (Å²) in [6.07, 6.45) is 2.80. The van der Waals surface area contributed by atoms with Gasteiger partial charge in [-0.1, -0.05) is 97.2 Å². The van der Waals surface area contributed by atoms with Crippen LogP contribution in [0.5, 0.6) is 11.5 Å². The van der Waals surface area contributed by atoms with E-state index in [4.69, 9.17) is 25.8 Å². The number of nitriles is 1. The molecule has 2 saturated heterocycles. The monoisotopic (exact) mass is 1090 g/mol. The van der Waals surface area contributed by atoms with Crippen molar-refractivity contribution in [1.29, 1.82) is 5.26 Å². The normalized spacial score (nSPS) is 24.2. The molecule has 0 bridgehead atoms. The average molecular weight is 1090 g/mol. The van der Waals surface area contributed by atoms with Crippen LogP contribution in [0.2, 0.25) is 5.02 Å². The van der Waals surface area contributed by atoms with E-state index >= 15 is 0 Å². The maximum Gasteiger partial charge on any atom is 0.251 e. The van der Waals surface area contributed by atoms with E-state index in [9.17, 15) is 29.5 Å². The third-order valence-electron chi connectivity index (χ3n) is 16.3. The molecule has 4 aromatic rings. The largest absolute Gasteiger partial charge is 0.492 e. The Bertz CT molecular complexity index is 2750. The molecule has 4 amide bonds. The van der Waals surface area contributed by atoms with Crippen LogP contribution in [0.15, 0.2) is 72.2 Å². The molecule has 16 nitrogen and oxygen atoms in total. The number of halogens is 1. The van der Waals surface area contributed by atoms with E-state index in [1.165, 1.54) is 4.90 Å². The lowest BCUT2D eigenvalue weighted by Gasteiger charge is -2.63. The molecule has 77 heavy (non-hydrogen) atoms. The van der Waals surface area contributed by atoms with Crippen LogP contribution in [0, 0.1) is 34.5 Å². The number of amides is 4. The number of thiazole rings is 1. The number of nitrogens with zero attached hydrogens (tertiary/aromatic N) is 5. The highest BCUT2D eigenvalue weighted by Gasteiger charge is 2.64. The summed E-state index contributed by atoms with van der Waals surface area (Å²) in [5.41, 5.74) is 4.22. The van der Waals surface area contributed by atoms with Crippen molar-refractivity contribution < 1.29 is 38.5 Å². The lowest BCUT2D eigenvalue weighted by molar-refractivity contribution is -0.164. The van der Waals surface area contributed by atoms with Crippen molar-refractivity contribution in [2.45, 2.75) is 143 Å². The van der Waals surface area contributed by atoms with E-state index in [1.54, 1.807) is 41.7 Å². The molecule has 2 aliphatic heterocycles. The van der Waals surface area contributed by atoms with Gasteiger partial charge >= 0.3 is 0 Å². The Hall–Kier alpha value is -5.61. The highest BCUT2D eigenvalue weighted by molar-refractivity contribution is 7.13. The van der Waals surface area contributed by atoms with Crippen LogP contribution >= 0.6 is 22.9 Å². The smallest absolute Gasteiger partial charge is 0.251 e. The molecule has 6 atom stereocenters. The van der Waals surface area contributed by atoms with Crippen molar-refractivity contribution in [3.05, 3.63) is 99.6 Å². The molecule has 3 heterocycles. The van der Waals surface area contributed by atoms with Gasteiger partial charge in [0, 0.05) is 80.2 Å². The van der Waals surface area contributed by atoms with Gasteiger partial charge in [-0.05, 0) is 79.6 Å². The van der Waals surface area contributed by atoms with Gasteiger partial charge in [-0.25, -0.2) is 4.98 Å². The highest BCUT2D eigenvalue weighted by Crippen LogP contribution is 2.55. The second kappa shape index (κ2) is 24.2. The molecule has 8 rings (SSSR count). The molecule has 2 saturated carbocycles. The predicted octanol–water partition coefficient (Wildman–Crippen LogP) is 7.95. The van der Waals surface area contributed by atoms with Gasteiger partial charge in [0.05, 0.1) is 44.9 Å². The number of aliphatic hydroxyl groups is 1. The molecule has 4 N–H and O–H groups in total. The van der Waals surface area contributed by atoms with E-state index in [2.05, 4.69) is 64.5 Å². The fraction of sp³-hybridized carbons (Fsp3) is 0.559. The Balaban J connectivity index is 0.764. The van der Waals surface area contributed by atoms with Crippen LogP contribution in [0.25, 0.3) is 10.4 Å². The zero-order valence-corrected chi connectivity index (χ0v) is 47.6. The minimum Gasteiger partial charge on any atom is -0.492 e. The molecule has 18 heteroatoms. The quantitative estimate of drug-likeness (QED) is 0.0752. The van der Waals surface area contributed by atoms with Crippen molar-refractivity contribution in [2.75, 3.05) is 52.5 Å². The van der Waals surface area contributed by atoms with Gasteiger partial charge in [0.25, 0.3) is 5.91 Å². The second-order valence-electron chi connectivity index (χ2n) is 23.6. The van der Waals surface area contributed by atoms with Crippen molar-refractivity contribution >= 4 is 46.6 Å². The number of hydrogen-bond donors (Lipinski definition) is 4. The minimum absolute atomic E-state index is 0.00831. The van der Waals surface area contributed by atoms with Gasteiger partial charge in [0.2, 0.25) is 17.7 Å². The van der Waals surface area contributed by atoms with E-state index in [-0.39, 0.29) is 72.6 Å². The zero-order valence-electron chi connectivity index (χ0n) is 46.1. The van der Waals surface area contributed by atoms with Gasteiger partial charge in [-0.2, -0.15) is 5.26 Å². The summed E-state index contributed by atoms with van der Waals surface area (Å²) in [6, 6.07) is 20.2. The van der Waals surface area contributed by atoms with Crippen molar-refractivity contribution in [3.8, 4) is 28.0 Å². The van der Waals surface area contributed by atoms with Crippen LogP contribution in [0.3, 0.4) is 0 Å². The molecule has 4 aliphatic rings. The van der Waals surface area contributed by atoms with E-state index in [1.807, 2.05) is 76.5 Å². The van der Waals surface area contributed by atoms with Crippen molar-refractivity contribution in [3.63, 3.8) is 0 Å². The number of nitrogens with one attached hydrogen (secondary N) is 3. The summed E-state index contributed by atoms with van der Waals surface area (Å²) in [7, 11) is 0. The Morgan fingerprint density at radius 3 is 2.25 bits per heavy atom. The van der Waals surface area contributed by atoms with Gasteiger partial charge in [0.15, 0.2) is 0 Å². The third-order valence-corrected chi connectivity index (χ3v) is 17.5. The molecule has 0 unspecified atom stereocenters. The number of rotatable bonds is 18. The standard InChI is InChI=1S/C59H77ClN8O8S/c1-36(38-14-16-39(17-15-38)50-37(2)62-35-77-50)63-53(72)47-30-42(69)33-68(47)54(73)51(57(3,4)5)64-49(70)34-75-48-13-11-10-12-46(48)67-26-24-66(25-27-67)28-29-74-43-21-18-40(19-22-43)52(71)65-55-58(6,7)56(59(55,8)9)76-44-23-20-41(32-61)45(60)31-44/h14-23,31,35-36,42,46-48,51,55-56,69H,10-13,24-30,33-34H2,1-9H3,(H,63,72)(H,64,70)(H,65,71)/t36-,42+,46+,47-,48+,51+,55?,56?/m0/s1. The van der Waals surface area contributed by atoms with Crippen LogP contribution < -0.4 is 25.4 Å². The molecule has 0 spiro atoms. The van der Waals surface area contributed by atoms with Gasteiger partial charge in [-0.15, -0.1) is 11.3 Å². The SMILES string of the molecule is Cc1ncsc1-c1ccc([C@H](C)NC(=O)[C@@H]2C[C@@H](O)CN2C(=O)[C@@H](NC(=O)CO[C@@H]2CCCC[C@H]2N2CCN(CCOc3ccc(C(=O)NC4C(C)(C)C(Oc5ccc(C#N)c(Cl)c5)C4(C)C)cc3)CC2)C(C)(C)C)cc1. The number of aromatic nitrogens is 1. The molecule has 4 fully saturated rings. The van der Waals surface area contributed by atoms with Gasteiger partial charge < -0.3 is 40.2 Å². The summed E-state index contributed by atoms with van der Waals surface area (Å²) in [5.74, 6) is -0.0578. The van der Waals surface area contributed by atoms with Gasteiger partial charge in [-0.3, -0.25) is 29.0 Å². The number of β-amino-alcohol motifs (C(OH)–C–C–N with tert-alkyl or cyclic N) is 1. The summed E-state index contributed by atoms with van der Waals surface area (Å²) in [5, 5.41) is 29.7. The number of hydrogen-bond acceptors (Lipinski definition) is 13. The van der Waals surface area contributed by atoms with Crippen LogP contribution in [-0.2, 0) is 19.1 Å². The first-order valence-corrected chi connectivity index (χ1v) is 28.4. The van der Waals surface area contributed by atoms with E-state index < -0.39 is 35.4 Å². The summed E-state index contributed by atoms with van der Waals surface area (Å²) >= 11 is 7.85. The summed E-state index contributed by atoms with van der Waals surface area (Å²) in [4.78, 5) is 67.1. The maximum atomic E-state index is 14.4. The number of benzene rings is 3. The number of piperazine rings is 1. The zero-order chi connectivity index (χ0) is 55.4. The van der Waals surface area contributed by atoms with Gasteiger partial charge in [0.1, 0.15) is 49.0 Å².